The number of carbonyl (C=O) groups is 1. The molecule has 12 heteroatoms. The van der Waals surface area contributed by atoms with E-state index in [4.69, 9.17) is 23.7 Å². The number of allylic oxidation sites excluding steroid dienone is 3. The van der Waals surface area contributed by atoms with Crippen LogP contribution in [0.3, 0.4) is 0 Å². The zero-order chi connectivity index (χ0) is 33.4. The maximum absolute atomic E-state index is 12.7. The third-order valence-corrected chi connectivity index (χ3v) is 8.01. The summed E-state index contributed by atoms with van der Waals surface area (Å²) in [6.07, 6.45) is -5.84. The summed E-state index contributed by atoms with van der Waals surface area (Å²) in [5.41, 5.74) is -0.699. The van der Waals surface area contributed by atoms with Gasteiger partial charge in [-0.25, -0.2) is 4.79 Å². The normalized spacial score (nSPS) is 35.6. The summed E-state index contributed by atoms with van der Waals surface area (Å²) in [4.78, 5) is 12.7. The van der Waals surface area contributed by atoms with E-state index < -0.39 is 85.2 Å². The predicted molar refractivity (Wildman–Crippen MR) is 161 cm³/mol. The van der Waals surface area contributed by atoms with Gasteiger partial charge in [0.2, 0.25) is 0 Å². The molecule has 2 rings (SSSR count). The average Bonchev–Trinajstić information content (AvgIpc) is 2.96. The van der Waals surface area contributed by atoms with Crippen LogP contribution in [0.4, 0.5) is 0 Å². The Hall–Kier alpha value is -1.97. The van der Waals surface area contributed by atoms with Crippen LogP contribution in [0.15, 0.2) is 48.6 Å². The van der Waals surface area contributed by atoms with Crippen LogP contribution in [-0.2, 0) is 28.5 Å². The molecule has 12 nitrogen and oxygen atoms in total. The lowest BCUT2D eigenvalue weighted by molar-refractivity contribution is -0.373. The number of aliphatic hydroxyl groups excluding tert-OH is 5. The quantitative estimate of drug-likeness (QED) is 0.0875. The van der Waals surface area contributed by atoms with Gasteiger partial charge in [0.05, 0.1) is 23.9 Å². The first kappa shape index (κ1) is 38.2. The first-order valence-electron chi connectivity index (χ1n) is 15.0. The van der Waals surface area contributed by atoms with Crippen molar-refractivity contribution in [3.05, 3.63) is 48.6 Å². The Morgan fingerprint density at radius 3 is 2.05 bits per heavy atom. The number of hydrogen-bond donors (Lipinski definition) is 6. The summed E-state index contributed by atoms with van der Waals surface area (Å²) in [6, 6.07) is 0. The molecule has 0 saturated carbocycles. The Morgan fingerprint density at radius 2 is 1.48 bits per heavy atom. The number of hydrogen-bond acceptors (Lipinski definition) is 12. The third kappa shape index (κ3) is 10.3. The fourth-order valence-corrected chi connectivity index (χ4v) is 4.84. The molecule has 0 aromatic rings. The third-order valence-electron chi connectivity index (χ3n) is 8.01. The summed E-state index contributed by atoms with van der Waals surface area (Å²) >= 11 is 0. The zero-order valence-corrected chi connectivity index (χ0v) is 26.7. The minimum atomic E-state index is -1.74. The second kappa shape index (κ2) is 16.5. The van der Waals surface area contributed by atoms with Crippen molar-refractivity contribution < 1.29 is 59.1 Å². The van der Waals surface area contributed by atoms with Gasteiger partial charge in [0, 0.05) is 5.57 Å². The van der Waals surface area contributed by atoms with Crippen molar-refractivity contribution in [1.29, 1.82) is 0 Å². The topological polar surface area (TPSA) is 185 Å². The first-order chi connectivity index (χ1) is 20.5. The van der Waals surface area contributed by atoms with Crippen molar-refractivity contribution in [1.82, 2.24) is 0 Å². The largest absolute Gasteiger partial charge is 0.453 e. The van der Waals surface area contributed by atoms with Gasteiger partial charge in [-0.05, 0) is 67.2 Å². The Kier molecular flexibility index (Phi) is 14.4. The Labute approximate surface area is 260 Å². The maximum Gasteiger partial charge on any atom is 0.333 e. The number of esters is 1. The summed E-state index contributed by atoms with van der Waals surface area (Å²) < 4.78 is 29.1. The SMILES string of the molecule is C=C[C@](C)(O)CC/C=C(\C)C(=O)OC1C(C)OC(OC2C(O[C@@](C)(C=C)CCC=C(C)C)OC(CO)C(O)C2O)C(O)C1O. The highest BCUT2D eigenvalue weighted by molar-refractivity contribution is 5.87. The van der Waals surface area contributed by atoms with Crippen molar-refractivity contribution in [2.24, 2.45) is 0 Å². The molecule has 0 radical (unpaired) electrons. The summed E-state index contributed by atoms with van der Waals surface area (Å²) in [7, 11) is 0. The number of rotatable bonds is 15. The van der Waals surface area contributed by atoms with Crippen LogP contribution in [0.2, 0.25) is 0 Å². The van der Waals surface area contributed by atoms with Gasteiger partial charge in [-0.15, -0.1) is 13.2 Å². The Balaban J connectivity index is 2.17. The van der Waals surface area contributed by atoms with E-state index in [1.165, 1.54) is 19.9 Å². The smallest absolute Gasteiger partial charge is 0.333 e. The van der Waals surface area contributed by atoms with E-state index in [-0.39, 0.29) is 5.57 Å². The van der Waals surface area contributed by atoms with Gasteiger partial charge in [-0.2, -0.15) is 0 Å². The molecule has 2 aliphatic rings. The molecule has 0 spiro atoms. The molecule has 0 bridgehead atoms. The van der Waals surface area contributed by atoms with E-state index in [1.54, 1.807) is 26.0 Å². The fourth-order valence-electron chi connectivity index (χ4n) is 4.84. The summed E-state index contributed by atoms with van der Waals surface area (Å²) in [5, 5.41) is 63.1. The minimum Gasteiger partial charge on any atom is -0.453 e. The van der Waals surface area contributed by atoms with Gasteiger partial charge in [0.15, 0.2) is 18.7 Å². The Bertz CT molecular complexity index is 1020. The molecule has 2 heterocycles. The molecule has 252 valence electrons. The van der Waals surface area contributed by atoms with Gasteiger partial charge >= 0.3 is 5.97 Å². The molecule has 10 unspecified atom stereocenters. The molecule has 0 aromatic heterocycles. The Morgan fingerprint density at radius 1 is 0.864 bits per heavy atom. The van der Waals surface area contributed by atoms with Gasteiger partial charge < -0.3 is 54.3 Å². The van der Waals surface area contributed by atoms with Crippen molar-refractivity contribution in [2.75, 3.05) is 6.61 Å². The fraction of sp³-hybridized carbons (Fsp3) is 0.719. The van der Waals surface area contributed by atoms with Crippen molar-refractivity contribution in [2.45, 2.75) is 140 Å². The van der Waals surface area contributed by atoms with Gasteiger partial charge in [0.25, 0.3) is 0 Å². The number of carbonyl (C=O) groups excluding carboxylic acids is 1. The molecule has 6 N–H and O–H groups in total. The van der Waals surface area contributed by atoms with Crippen LogP contribution in [0.25, 0.3) is 0 Å². The molecule has 0 amide bonds. The first-order valence-corrected chi connectivity index (χ1v) is 15.0. The predicted octanol–water partition coefficient (Wildman–Crippen LogP) is 1.56. The lowest BCUT2D eigenvalue weighted by atomic mass is 9.96. The van der Waals surface area contributed by atoms with Crippen molar-refractivity contribution in [3.63, 3.8) is 0 Å². The molecule has 2 fully saturated rings. The van der Waals surface area contributed by atoms with E-state index in [1.807, 2.05) is 19.9 Å². The van der Waals surface area contributed by atoms with Crippen LogP contribution >= 0.6 is 0 Å². The van der Waals surface area contributed by atoms with Gasteiger partial charge in [-0.3, -0.25) is 0 Å². The average molecular weight is 629 g/mol. The van der Waals surface area contributed by atoms with Crippen LogP contribution in [0.5, 0.6) is 0 Å². The highest BCUT2D eigenvalue weighted by Crippen LogP contribution is 2.34. The maximum atomic E-state index is 12.7. The van der Waals surface area contributed by atoms with E-state index in [9.17, 15) is 35.4 Å². The lowest BCUT2D eigenvalue weighted by Crippen LogP contribution is -2.65. The van der Waals surface area contributed by atoms with E-state index in [0.29, 0.717) is 25.7 Å². The standard InChI is InChI=1S/C32H52O12/c1-9-31(7,39)15-12-14-19(5)28(38)42-26-20(6)40-29(25(37)24(26)36)43-27-23(35)22(34)21(17-33)41-30(27)44-32(8,10-2)16-11-13-18(3)4/h9-10,13-14,20-27,29-30,33-37,39H,1-2,11-12,15-17H2,3-8H3/b19-14+/t20?,21?,22?,23?,24?,25?,26?,27?,29?,30?,31-,32-/m0/s1. The monoisotopic (exact) mass is 628 g/mol. The molecule has 0 aromatic carbocycles. The summed E-state index contributed by atoms with van der Waals surface area (Å²) in [6.45, 7) is 17.2. The van der Waals surface area contributed by atoms with Crippen molar-refractivity contribution in [3.8, 4) is 0 Å². The molecule has 44 heavy (non-hydrogen) atoms. The minimum absolute atomic E-state index is 0.238. The lowest BCUT2D eigenvalue weighted by Gasteiger charge is -2.47. The zero-order valence-electron chi connectivity index (χ0n) is 26.7. The van der Waals surface area contributed by atoms with E-state index in [2.05, 4.69) is 13.2 Å². The van der Waals surface area contributed by atoms with Crippen LogP contribution in [-0.4, -0.2) is 116 Å². The second-order valence-electron chi connectivity index (χ2n) is 12.3. The van der Waals surface area contributed by atoms with Gasteiger partial charge in [-0.1, -0.05) is 29.9 Å². The van der Waals surface area contributed by atoms with E-state index in [0.717, 1.165) is 5.57 Å². The molecular formula is C32H52O12. The van der Waals surface area contributed by atoms with Crippen molar-refractivity contribution >= 4 is 5.97 Å². The summed E-state index contributed by atoms with van der Waals surface area (Å²) in [5.74, 6) is -0.742. The highest BCUT2D eigenvalue weighted by Gasteiger charge is 2.52. The molecule has 0 aliphatic carbocycles. The van der Waals surface area contributed by atoms with E-state index >= 15 is 0 Å². The molecule has 2 aliphatic heterocycles. The highest BCUT2D eigenvalue weighted by atomic mass is 16.8. The van der Waals surface area contributed by atoms with Gasteiger partial charge in [0.1, 0.15) is 36.6 Å². The van der Waals surface area contributed by atoms with Crippen LogP contribution in [0, 0.1) is 0 Å². The number of aliphatic hydroxyl groups is 6. The second-order valence-corrected chi connectivity index (χ2v) is 12.3. The molecule has 2 saturated heterocycles. The number of ether oxygens (including phenoxy) is 5. The van der Waals surface area contributed by atoms with Crippen LogP contribution < -0.4 is 0 Å². The van der Waals surface area contributed by atoms with Crippen LogP contribution in [0.1, 0.15) is 67.2 Å². The molecule has 12 atom stereocenters. The molecular weight excluding hydrogens is 576 g/mol.